The monoisotopic (exact) mass is 410 g/mol. The number of amides is 1. The Morgan fingerprint density at radius 2 is 2.00 bits per heavy atom. The number of carbonyl (C=O) groups excluding carboxylic acids is 1. The van der Waals surface area contributed by atoms with Crippen molar-refractivity contribution in [3.63, 3.8) is 0 Å². The Morgan fingerprint density at radius 1 is 1.25 bits per heavy atom. The molecule has 3 rings (SSSR count). The van der Waals surface area contributed by atoms with Crippen LogP contribution in [0.2, 0.25) is 0 Å². The van der Waals surface area contributed by atoms with E-state index in [1.54, 1.807) is 6.07 Å². The molecule has 0 fully saturated rings. The van der Waals surface area contributed by atoms with Gasteiger partial charge < -0.3 is 10.1 Å². The first-order valence-electron chi connectivity index (χ1n) is 7.14. The number of fused-ring (bicyclic) bond motifs is 1. The molecule has 0 saturated heterocycles. The Bertz CT molecular complexity index is 899. The van der Waals surface area contributed by atoms with Crippen LogP contribution in [-0.2, 0) is 21.4 Å². The van der Waals surface area contributed by atoms with Gasteiger partial charge >= 0.3 is 0 Å². The van der Waals surface area contributed by atoms with Crippen LogP contribution in [0.5, 0.6) is 5.75 Å². The van der Waals surface area contributed by atoms with Crippen LogP contribution in [0.1, 0.15) is 5.56 Å². The van der Waals surface area contributed by atoms with Gasteiger partial charge in [0.1, 0.15) is 5.75 Å². The molecular formula is C16H15BrN2O4S. The first-order chi connectivity index (χ1) is 11.4. The zero-order valence-electron chi connectivity index (χ0n) is 12.8. The van der Waals surface area contributed by atoms with E-state index in [1.807, 2.05) is 24.3 Å². The number of hydrogen-bond acceptors (Lipinski definition) is 4. The lowest BCUT2D eigenvalue weighted by atomic mass is 10.2. The second-order valence-electron chi connectivity index (χ2n) is 5.35. The van der Waals surface area contributed by atoms with Crippen LogP contribution in [0.3, 0.4) is 0 Å². The third kappa shape index (κ3) is 3.31. The zero-order chi connectivity index (χ0) is 17.3. The van der Waals surface area contributed by atoms with Gasteiger partial charge in [-0.3, -0.25) is 4.79 Å². The molecule has 0 bridgehead atoms. The molecule has 1 amide bonds. The highest BCUT2D eigenvalue weighted by Crippen LogP contribution is 2.31. The molecule has 1 heterocycles. The zero-order valence-corrected chi connectivity index (χ0v) is 15.2. The fraction of sp³-hybridized carbons (Fsp3) is 0.188. The van der Waals surface area contributed by atoms with E-state index in [4.69, 9.17) is 4.74 Å². The average molecular weight is 411 g/mol. The van der Waals surface area contributed by atoms with E-state index in [9.17, 15) is 13.2 Å². The fourth-order valence-electron chi connectivity index (χ4n) is 2.35. The van der Waals surface area contributed by atoms with Crippen molar-refractivity contribution in [3.05, 3.63) is 52.5 Å². The molecule has 0 aromatic heterocycles. The summed E-state index contributed by atoms with van der Waals surface area (Å²) < 4.78 is 32.9. The van der Waals surface area contributed by atoms with E-state index in [2.05, 4.69) is 21.2 Å². The average Bonchev–Trinajstić information content (AvgIpc) is 2.56. The predicted molar refractivity (Wildman–Crippen MR) is 93.4 cm³/mol. The van der Waals surface area contributed by atoms with Gasteiger partial charge in [0, 0.05) is 18.1 Å². The Balaban J connectivity index is 1.89. The Kier molecular flexibility index (Phi) is 4.62. The lowest BCUT2D eigenvalue weighted by molar-refractivity contribution is -0.118. The second kappa shape index (κ2) is 6.54. The molecule has 8 heteroatoms. The van der Waals surface area contributed by atoms with Crippen molar-refractivity contribution in [1.29, 1.82) is 0 Å². The number of nitrogens with zero attached hydrogens (tertiary/aromatic N) is 1. The number of rotatable bonds is 4. The Morgan fingerprint density at radius 3 is 2.75 bits per heavy atom. The summed E-state index contributed by atoms with van der Waals surface area (Å²) in [6.07, 6.45) is 0. The maximum atomic E-state index is 12.8. The van der Waals surface area contributed by atoms with Crippen LogP contribution < -0.4 is 10.1 Å². The van der Waals surface area contributed by atoms with Crippen molar-refractivity contribution in [3.8, 4) is 5.75 Å². The van der Waals surface area contributed by atoms with E-state index in [0.717, 1.165) is 10.0 Å². The minimum absolute atomic E-state index is 0.0684. The van der Waals surface area contributed by atoms with Crippen molar-refractivity contribution in [2.45, 2.75) is 11.4 Å². The molecule has 0 spiro atoms. The topological polar surface area (TPSA) is 75.7 Å². The number of nitrogens with one attached hydrogen (secondary N) is 1. The molecule has 6 nitrogen and oxygen atoms in total. The number of benzene rings is 2. The summed E-state index contributed by atoms with van der Waals surface area (Å²) in [5.74, 6) is 0.153. The molecule has 0 aliphatic carbocycles. The summed E-state index contributed by atoms with van der Waals surface area (Å²) in [5, 5.41) is 2.62. The molecule has 0 saturated carbocycles. The summed E-state index contributed by atoms with van der Waals surface area (Å²) >= 11 is 3.42. The molecule has 0 radical (unpaired) electrons. The number of sulfonamides is 1. The van der Waals surface area contributed by atoms with Gasteiger partial charge in [0.15, 0.2) is 6.61 Å². The minimum Gasteiger partial charge on any atom is -0.482 e. The smallest absolute Gasteiger partial charge is 0.262 e. The van der Waals surface area contributed by atoms with E-state index in [0.29, 0.717) is 11.4 Å². The third-order valence-electron chi connectivity index (χ3n) is 3.64. The highest BCUT2D eigenvalue weighted by atomic mass is 79.9. The highest BCUT2D eigenvalue weighted by molar-refractivity contribution is 9.10. The van der Waals surface area contributed by atoms with Crippen molar-refractivity contribution in [2.24, 2.45) is 0 Å². The summed E-state index contributed by atoms with van der Waals surface area (Å²) in [7, 11) is -2.18. The number of halogens is 1. The van der Waals surface area contributed by atoms with Crippen LogP contribution >= 0.6 is 15.9 Å². The van der Waals surface area contributed by atoms with Gasteiger partial charge in [-0.05, 0) is 29.8 Å². The maximum absolute atomic E-state index is 12.8. The van der Waals surface area contributed by atoms with Crippen LogP contribution in [0, 0.1) is 0 Å². The van der Waals surface area contributed by atoms with Gasteiger partial charge in [-0.2, -0.15) is 4.31 Å². The number of anilines is 1. The van der Waals surface area contributed by atoms with E-state index < -0.39 is 10.0 Å². The molecule has 1 aliphatic rings. The van der Waals surface area contributed by atoms with Gasteiger partial charge in [0.05, 0.1) is 10.6 Å². The number of carbonyl (C=O) groups is 1. The van der Waals surface area contributed by atoms with Crippen LogP contribution in [0.25, 0.3) is 0 Å². The molecule has 1 N–H and O–H groups in total. The largest absolute Gasteiger partial charge is 0.482 e. The summed E-state index contributed by atoms with van der Waals surface area (Å²) in [5.41, 5.74) is 1.22. The van der Waals surface area contributed by atoms with E-state index >= 15 is 0 Å². The standard InChI is InChI=1S/C16H15BrN2O4S/c1-19(9-11-4-2-3-5-13(11)17)24(21,22)12-6-7-15-14(8-12)18-16(20)10-23-15/h2-8H,9-10H2,1H3,(H,18,20). The molecule has 126 valence electrons. The fourth-order valence-corrected chi connectivity index (χ4v) is 3.94. The Hall–Kier alpha value is -1.90. The number of hydrogen-bond donors (Lipinski definition) is 1. The molecule has 0 atom stereocenters. The van der Waals surface area contributed by atoms with Crippen LogP contribution in [0.4, 0.5) is 5.69 Å². The summed E-state index contributed by atoms with van der Waals surface area (Å²) in [6, 6.07) is 11.9. The third-order valence-corrected chi connectivity index (χ3v) is 6.22. The lowest BCUT2D eigenvalue weighted by Crippen LogP contribution is -2.28. The maximum Gasteiger partial charge on any atom is 0.262 e. The molecule has 0 unspecified atom stereocenters. The molecule has 1 aliphatic heterocycles. The molecular weight excluding hydrogens is 396 g/mol. The van der Waals surface area contributed by atoms with Gasteiger partial charge in [0.25, 0.3) is 5.91 Å². The van der Waals surface area contributed by atoms with Crippen molar-refractivity contribution in [2.75, 3.05) is 19.0 Å². The van der Waals surface area contributed by atoms with Crippen molar-refractivity contribution >= 4 is 37.5 Å². The Labute approximate surface area is 148 Å². The normalized spacial score (nSPS) is 14.0. The SMILES string of the molecule is CN(Cc1ccccc1Br)S(=O)(=O)c1ccc2c(c1)NC(=O)CO2. The summed E-state index contributed by atoms with van der Waals surface area (Å²) in [6.45, 7) is 0.157. The first-order valence-corrected chi connectivity index (χ1v) is 9.37. The van der Waals surface area contributed by atoms with Gasteiger partial charge in [-0.1, -0.05) is 34.1 Å². The second-order valence-corrected chi connectivity index (χ2v) is 8.25. The van der Waals surface area contributed by atoms with Crippen molar-refractivity contribution < 1.29 is 17.9 Å². The lowest BCUT2D eigenvalue weighted by Gasteiger charge is -2.21. The molecule has 2 aromatic carbocycles. The van der Waals surface area contributed by atoms with Crippen LogP contribution in [-0.4, -0.2) is 32.3 Å². The van der Waals surface area contributed by atoms with Crippen molar-refractivity contribution in [1.82, 2.24) is 4.31 Å². The predicted octanol–water partition coefficient (Wildman–Crippen LogP) is 2.60. The quantitative estimate of drug-likeness (QED) is 0.840. The van der Waals surface area contributed by atoms with E-state index in [-0.39, 0.29) is 24.0 Å². The first kappa shape index (κ1) is 16.9. The van der Waals surface area contributed by atoms with E-state index in [1.165, 1.54) is 23.5 Å². The highest BCUT2D eigenvalue weighted by Gasteiger charge is 2.24. The van der Waals surface area contributed by atoms with Gasteiger partial charge in [0.2, 0.25) is 10.0 Å². The summed E-state index contributed by atoms with van der Waals surface area (Å²) in [4.78, 5) is 11.5. The van der Waals surface area contributed by atoms with Crippen LogP contribution in [0.15, 0.2) is 51.8 Å². The minimum atomic E-state index is -3.70. The number of ether oxygens (including phenoxy) is 1. The van der Waals surface area contributed by atoms with Gasteiger partial charge in [-0.25, -0.2) is 8.42 Å². The molecule has 24 heavy (non-hydrogen) atoms. The molecule has 2 aromatic rings. The van der Waals surface area contributed by atoms with Gasteiger partial charge in [-0.15, -0.1) is 0 Å².